The molecular weight excluding hydrogens is 210 g/mol. The lowest BCUT2D eigenvalue weighted by Gasteiger charge is -1.96. The number of hydrogen-bond acceptors (Lipinski definition) is 5. The Labute approximate surface area is 83.2 Å². The topological polar surface area (TPSA) is 66.5 Å². The number of H-pyrrole nitrogens is 1. The minimum Gasteiger partial charge on any atom is -0.354 e. The average molecular weight is 216 g/mol. The Bertz CT molecular complexity index is 370. The van der Waals surface area contributed by atoms with Gasteiger partial charge in [0, 0.05) is 5.38 Å². The summed E-state index contributed by atoms with van der Waals surface area (Å²) < 4.78 is 0. The van der Waals surface area contributed by atoms with Gasteiger partial charge in [-0.1, -0.05) is 11.6 Å². The molecule has 5 nitrogen and oxygen atoms in total. The van der Waals surface area contributed by atoms with E-state index in [0.717, 1.165) is 11.0 Å². The molecule has 0 aromatic carbocycles. The highest BCUT2D eigenvalue weighted by Crippen LogP contribution is 2.18. The van der Waals surface area contributed by atoms with Gasteiger partial charge >= 0.3 is 0 Å². The molecule has 0 bridgehead atoms. The van der Waals surface area contributed by atoms with Crippen molar-refractivity contribution in [1.82, 2.24) is 20.2 Å². The summed E-state index contributed by atoms with van der Waals surface area (Å²) in [7, 11) is 0. The minimum atomic E-state index is 0.505. The van der Waals surface area contributed by atoms with E-state index >= 15 is 0 Å². The molecule has 2 rings (SSSR count). The van der Waals surface area contributed by atoms with Gasteiger partial charge in [-0.15, -0.1) is 11.3 Å². The molecule has 0 radical (unpaired) electrons. The van der Waals surface area contributed by atoms with E-state index < -0.39 is 0 Å². The zero-order valence-electron chi connectivity index (χ0n) is 6.49. The van der Waals surface area contributed by atoms with Crippen molar-refractivity contribution in [3.05, 3.63) is 22.7 Å². The Kier molecular flexibility index (Phi) is 2.42. The highest BCUT2D eigenvalue weighted by atomic mass is 35.5. The summed E-state index contributed by atoms with van der Waals surface area (Å²) in [5.74, 6) is 0.770. The summed E-state index contributed by atoms with van der Waals surface area (Å²) in [6, 6.07) is 0. The smallest absolute Gasteiger partial charge is 0.184 e. The minimum absolute atomic E-state index is 0.505. The van der Waals surface area contributed by atoms with Crippen molar-refractivity contribution >= 4 is 28.1 Å². The fraction of sp³-hybridized carbons (Fsp3) is 0.167. The predicted octanol–water partition coefficient (Wildman–Crippen LogP) is 1.53. The summed E-state index contributed by atoms with van der Waals surface area (Å²) in [6.45, 7) is 0.573. The van der Waals surface area contributed by atoms with Crippen LogP contribution in [0.2, 0.25) is 5.15 Å². The number of nitrogens with zero attached hydrogens (tertiary/aromatic N) is 3. The predicted molar refractivity (Wildman–Crippen MR) is 50.8 cm³/mol. The third kappa shape index (κ3) is 2.16. The lowest BCUT2D eigenvalue weighted by molar-refractivity contribution is 0.952. The first-order valence-corrected chi connectivity index (χ1v) is 4.79. The molecule has 2 N–H and O–H groups in total. The monoisotopic (exact) mass is 215 g/mol. The van der Waals surface area contributed by atoms with Crippen LogP contribution < -0.4 is 5.32 Å². The van der Waals surface area contributed by atoms with Crippen LogP contribution in [0.5, 0.6) is 0 Å². The Morgan fingerprint density at radius 3 is 3.15 bits per heavy atom. The highest BCUT2D eigenvalue weighted by Gasteiger charge is 1.99. The number of anilines is 1. The molecular formula is C6H6ClN5S. The van der Waals surface area contributed by atoms with Gasteiger partial charge < -0.3 is 5.32 Å². The van der Waals surface area contributed by atoms with Crippen LogP contribution in [-0.4, -0.2) is 20.2 Å². The molecule has 0 aliphatic heterocycles. The number of aromatic nitrogens is 4. The van der Waals surface area contributed by atoms with Crippen LogP contribution in [0.3, 0.4) is 0 Å². The first-order chi connectivity index (χ1) is 6.34. The van der Waals surface area contributed by atoms with Crippen molar-refractivity contribution in [2.75, 3.05) is 5.32 Å². The quantitative estimate of drug-likeness (QED) is 0.815. The van der Waals surface area contributed by atoms with Crippen molar-refractivity contribution in [2.24, 2.45) is 0 Å². The molecule has 2 aromatic heterocycles. The largest absolute Gasteiger partial charge is 0.354 e. The van der Waals surface area contributed by atoms with Crippen molar-refractivity contribution in [3.8, 4) is 0 Å². The van der Waals surface area contributed by atoms with Gasteiger partial charge in [0.05, 0.1) is 6.54 Å². The van der Waals surface area contributed by atoms with Crippen molar-refractivity contribution in [2.45, 2.75) is 6.54 Å². The van der Waals surface area contributed by atoms with Crippen molar-refractivity contribution in [1.29, 1.82) is 0 Å². The Morgan fingerprint density at radius 1 is 1.62 bits per heavy atom. The number of nitrogens with one attached hydrogen (secondary N) is 2. The second kappa shape index (κ2) is 3.71. The van der Waals surface area contributed by atoms with E-state index in [1.54, 1.807) is 5.38 Å². The Morgan fingerprint density at radius 2 is 2.54 bits per heavy atom. The molecule has 0 fully saturated rings. The maximum atomic E-state index is 5.64. The van der Waals surface area contributed by atoms with Crippen LogP contribution in [0.15, 0.2) is 11.7 Å². The van der Waals surface area contributed by atoms with Gasteiger partial charge in [0.2, 0.25) is 0 Å². The summed E-state index contributed by atoms with van der Waals surface area (Å²) in [5, 5.41) is 12.6. The number of hydrogen-bond donors (Lipinski definition) is 2. The number of halogens is 1. The van der Waals surface area contributed by atoms with Gasteiger partial charge in [0.25, 0.3) is 0 Å². The van der Waals surface area contributed by atoms with Crippen molar-refractivity contribution in [3.63, 3.8) is 0 Å². The van der Waals surface area contributed by atoms with Gasteiger partial charge in [-0.05, 0) is 0 Å². The molecule has 0 unspecified atom stereocenters. The maximum Gasteiger partial charge on any atom is 0.184 e. The van der Waals surface area contributed by atoms with Crippen molar-refractivity contribution < 1.29 is 0 Å². The molecule has 0 saturated carbocycles. The molecule has 0 saturated heterocycles. The van der Waals surface area contributed by atoms with Crippen LogP contribution in [-0.2, 0) is 6.54 Å². The summed E-state index contributed by atoms with van der Waals surface area (Å²) in [5.41, 5.74) is 0. The molecule has 0 spiro atoms. The lowest BCUT2D eigenvalue weighted by Crippen LogP contribution is -2.00. The number of aromatic amines is 1. The van der Waals surface area contributed by atoms with Gasteiger partial charge in [-0.2, -0.15) is 5.10 Å². The molecule has 0 aliphatic rings. The SMILES string of the molecule is Clc1csc(NCc2ncn[nH]2)n1. The van der Waals surface area contributed by atoms with E-state index in [2.05, 4.69) is 25.5 Å². The molecule has 0 atom stereocenters. The second-order valence-corrected chi connectivity index (χ2v) is 3.51. The van der Waals surface area contributed by atoms with E-state index in [1.807, 2.05) is 0 Å². The highest BCUT2D eigenvalue weighted by molar-refractivity contribution is 7.14. The van der Waals surface area contributed by atoms with E-state index in [1.165, 1.54) is 17.7 Å². The third-order valence-electron chi connectivity index (χ3n) is 1.35. The Balaban J connectivity index is 1.93. The fourth-order valence-corrected chi connectivity index (χ4v) is 1.65. The molecule has 0 amide bonds. The van der Waals surface area contributed by atoms with E-state index in [0.29, 0.717) is 11.7 Å². The second-order valence-electron chi connectivity index (χ2n) is 2.26. The van der Waals surface area contributed by atoms with Gasteiger partial charge in [0.15, 0.2) is 5.13 Å². The van der Waals surface area contributed by atoms with Crippen LogP contribution in [0.25, 0.3) is 0 Å². The van der Waals surface area contributed by atoms with E-state index in [-0.39, 0.29) is 0 Å². The standard InChI is InChI=1S/C6H6ClN5S/c7-4-2-13-6(11-4)8-1-5-9-3-10-12-5/h2-3H,1H2,(H,8,11)(H,9,10,12). The number of thiazole rings is 1. The third-order valence-corrected chi connectivity index (χ3v) is 2.47. The lowest BCUT2D eigenvalue weighted by atomic mass is 10.6. The first kappa shape index (κ1) is 8.46. The van der Waals surface area contributed by atoms with Crippen LogP contribution >= 0.6 is 22.9 Å². The first-order valence-electron chi connectivity index (χ1n) is 3.54. The average Bonchev–Trinajstić information content (AvgIpc) is 2.71. The van der Waals surface area contributed by atoms with Crippen LogP contribution in [0, 0.1) is 0 Å². The van der Waals surface area contributed by atoms with E-state index in [9.17, 15) is 0 Å². The van der Waals surface area contributed by atoms with Crippen LogP contribution in [0.4, 0.5) is 5.13 Å². The Hall–Kier alpha value is -1.14. The number of rotatable bonds is 3. The molecule has 68 valence electrons. The molecule has 0 aliphatic carbocycles. The molecule has 7 heteroatoms. The van der Waals surface area contributed by atoms with E-state index in [4.69, 9.17) is 11.6 Å². The maximum absolute atomic E-state index is 5.64. The zero-order chi connectivity index (χ0) is 9.10. The molecule has 2 aromatic rings. The summed E-state index contributed by atoms with van der Waals surface area (Å²) in [4.78, 5) is 7.97. The fourth-order valence-electron chi connectivity index (χ4n) is 0.811. The summed E-state index contributed by atoms with van der Waals surface area (Å²) >= 11 is 7.10. The molecule has 2 heterocycles. The summed E-state index contributed by atoms with van der Waals surface area (Å²) in [6.07, 6.45) is 1.46. The normalized spacial score (nSPS) is 10.2. The zero-order valence-corrected chi connectivity index (χ0v) is 8.06. The van der Waals surface area contributed by atoms with Crippen LogP contribution in [0.1, 0.15) is 5.82 Å². The molecule has 13 heavy (non-hydrogen) atoms. The van der Waals surface area contributed by atoms with Gasteiger partial charge in [-0.3, -0.25) is 5.10 Å². The van der Waals surface area contributed by atoms with Gasteiger partial charge in [-0.25, -0.2) is 9.97 Å². The van der Waals surface area contributed by atoms with Gasteiger partial charge in [0.1, 0.15) is 17.3 Å².